The van der Waals surface area contributed by atoms with E-state index in [1.54, 1.807) is 7.11 Å². The van der Waals surface area contributed by atoms with E-state index in [1.165, 1.54) is 5.56 Å². The van der Waals surface area contributed by atoms with Crippen molar-refractivity contribution in [2.45, 2.75) is 19.4 Å². The highest BCUT2D eigenvalue weighted by atomic mass is 16.5. The molecule has 106 valence electrons. The van der Waals surface area contributed by atoms with Crippen molar-refractivity contribution in [2.75, 3.05) is 40.3 Å². The van der Waals surface area contributed by atoms with Crippen LogP contribution in [0.25, 0.3) is 0 Å². The molecule has 0 aliphatic carbocycles. The number of nitrogens with zero attached hydrogens (tertiary/aromatic N) is 2. The van der Waals surface area contributed by atoms with Crippen molar-refractivity contribution >= 4 is 0 Å². The number of hydrogen-bond donors (Lipinski definition) is 1. The molecular weight excluding hydrogens is 238 g/mol. The zero-order valence-electron chi connectivity index (χ0n) is 12.2. The summed E-state index contributed by atoms with van der Waals surface area (Å²) in [4.78, 5) is 2.36. The number of hydrazine groups is 1. The van der Waals surface area contributed by atoms with Crippen LogP contribution in [0.3, 0.4) is 0 Å². The standard InChI is InChI=1S/C15H25N3O/c1-13(16-18-10-8-17(2)9-11-18)12-14-6-4-5-7-15(14)19-3/h4-7,13,16H,8-12H2,1-3H3. The average Bonchev–Trinajstić information content (AvgIpc) is 2.42. The third kappa shape index (κ3) is 4.20. The molecule has 1 aliphatic heterocycles. The van der Waals surface area contributed by atoms with Crippen LogP contribution in [0.2, 0.25) is 0 Å². The lowest BCUT2D eigenvalue weighted by Crippen LogP contribution is -2.53. The normalized spacial score (nSPS) is 19.3. The average molecular weight is 263 g/mol. The maximum Gasteiger partial charge on any atom is 0.122 e. The van der Waals surface area contributed by atoms with E-state index in [2.05, 4.69) is 41.4 Å². The summed E-state index contributed by atoms with van der Waals surface area (Å²) in [6.07, 6.45) is 0.982. The Kier molecular flexibility index (Phi) is 5.19. The Labute approximate surface area is 116 Å². The van der Waals surface area contributed by atoms with E-state index in [0.717, 1.165) is 38.3 Å². The minimum Gasteiger partial charge on any atom is -0.496 e. The van der Waals surface area contributed by atoms with E-state index < -0.39 is 0 Å². The van der Waals surface area contributed by atoms with Crippen LogP contribution in [0.5, 0.6) is 5.75 Å². The highest BCUT2D eigenvalue weighted by Crippen LogP contribution is 2.18. The number of nitrogens with one attached hydrogen (secondary N) is 1. The van der Waals surface area contributed by atoms with Crippen molar-refractivity contribution < 1.29 is 4.74 Å². The van der Waals surface area contributed by atoms with Crippen LogP contribution in [-0.2, 0) is 6.42 Å². The monoisotopic (exact) mass is 263 g/mol. The molecule has 4 nitrogen and oxygen atoms in total. The molecule has 1 aromatic rings. The van der Waals surface area contributed by atoms with Gasteiger partial charge in [0.1, 0.15) is 5.75 Å². The Hall–Kier alpha value is -1.10. The second-order valence-electron chi connectivity index (χ2n) is 5.34. The van der Waals surface area contributed by atoms with E-state index >= 15 is 0 Å². The zero-order valence-corrected chi connectivity index (χ0v) is 12.2. The molecule has 1 aromatic carbocycles. The summed E-state index contributed by atoms with van der Waals surface area (Å²) < 4.78 is 5.40. The summed E-state index contributed by atoms with van der Waals surface area (Å²) in [5.41, 5.74) is 4.85. The molecule has 19 heavy (non-hydrogen) atoms. The van der Waals surface area contributed by atoms with E-state index in [-0.39, 0.29) is 0 Å². The molecule has 1 heterocycles. The molecule has 0 bridgehead atoms. The lowest BCUT2D eigenvalue weighted by molar-refractivity contribution is 0.0898. The molecule has 2 rings (SSSR count). The van der Waals surface area contributed by atoms with Gasteiger partial charge in [-0.25, -0.2) is 5.01 Å². The van der Waals surface area contributed by atoms with Crippen molar-refractivity contribution in [3.8, 4) is 5.75 Å². The highest BCUT2D eigenvalue weighted by Gasteiger charge is 2.16. The van der Waals surface area contributed by atoms with E-state index in [9.17, 15) is 0 Å². The van der Waals surface area contributed by atoms with Gasteiger partial charge in [-0.1, -0.05) is 18.2 Å². The number of hydrogen-bond acceptors (Lipinski definition) is 4. The fourth-order valence-electron chi connectivity index (χ4n) is 2.49. The van der Waals surface area contributed by atoms with Gasteiger partial charge in [0.2, 0.25) is 0 Å². The smallest absolute Gasteiger partial charge is 0.122 e. The van der Waals surface area contributed by atoms with Crippen LogP contribution in [0, 0.1) is 0 Å². The summed E-state index contributed by atoms with van der Waals surface area (Å²) in [6.45, 7) is 6.67. The number of ether oxygens (including phenoxy) is 1. The summed E-state index contributed by atoms with van der Waals surface area (Å²) in [6, 6.07) is 8.67. The Bertz CT molecular complexity index is 389. The zero-order chi connectivity index (χ0) is 13.7. The summed E-state index contributed by atoms with van der Waals surface area (Å²) in [5.74, 6) is 0.981. The highest BCUT2D eigenvalue weighted by molar-refractivity contribution is 5.33. The molecule has 0 spiro atoms. The van der Waals surface area contributed by atoms with E-state index in [4.69, 9.17) is 4.74 Å². The van der Waals surface area contributed by atoms with Crippen molar-refractivity contribution in [2.24, 2.45) is 0 Å². The number of methoxy groups -OCH3 is 1. The Morgan fingerprint density at radius 2 is 1.89 bits per heavy atom. The Morgan fingerprint density at radius 1 is 1.21 bits per heavy atom. The predicted octanol–water partition coefficient (Wildman–Crippen LogP) is 1.38. The third-order valence-corrected chi connectivity index (χ3v) is 3.62. The van der Waals surface area contributed by atoms with Crippen LogP contribution < -0.4 is 10.2 Å². The molecule has 4 heteroatoms. The first kappa shape index (κ1) is 14.3. The second kappa shape index (κ2) is 6.89. The number of rotatable bonds is 5. The van der Waals surface area contributed by atoms with Gasteiger partial charge in [-0.2, -0.15) is 0 Å². The molecule has 1 N–H and O–H groups in total. The number of benzene rings is 1. The van der Waals surface area contributed by atoms with Gasteiger partial charge in [-0.3, -0.25) is 5.43 Å². The van der Waals surface area contributed by atoms with Crippen LogP contribution in [0.1, 0.15) is 12.5 Å². The summed E-state index contributed by atoms with van der Waals surface area (Å²) in [7, 11) is 3.91. The van der Waals surface area contributed by atoms with Gasteiger partial charge in [-0.15, -0.1) is 0 Å². The van der Waals surface area contributed by atoms with Gasteiger partial charge in [0.25, 0.3) is 0 Å². The van der Waals surface area contributed by atoms with Crippen molar-refractivity contribution in [1.82, 2.24) is 15.3 Å². The van der Waals surface area contributed by atoms with Crippen LogP contribution in [0.4, 0.5) is 0 Å². The molecule has 1 atom stereocenters. The summed E-state index contributed by atoms with van der Waals surface area (Å²) in [5, 5.41) is 2.33. The van der Waals surface area contributed by atoms with Crippen molar-refractivity contribution in [3.05, 3.63) is 29.8 Å². The van der Waals surface area contributed by atoms with Gasteiger partial charge in [0.15, 0.2) is 0 Å². The lowest BCUT2D eigenvalue weighted by Gasteiger charge is -2.34. The second-order valence-corrected chi connectivity index (χ2v) is 5.34. The SMILES string of the molecule is COc1ccccc1CC(C)NN1CCN(C)CC1. The summed E-state index contributed by atoms with van der Waals surface area (Å²) >= 11 is 0. The Morgan fingerprint density at radius 3 is 2.58 bits per heavy atom. The topological polar surface area (TPSA) is 27.7 Å². The van der Waals surface area contributed by atoms with Crippen molar-refractivity contribution in [3.63, 3.8) is 0 Å². The molecule has 0 saturated carbocycles. The minimum atomic E-state index is 0.416. The lowest BCUT2D eigenvalue weighted by atomic mass is 10.1. The van der Waals surface area contributed by atoms with Gasteiger partial charge in [0, 0.05) is 32.2 Å². The van der Waals surface area contributed by atoms with E-state index in [0.29, 0.717) is 6.04 Å². The number of para-hydroxylation sites is 1. The fraction of sp³-hybridized carbons (Fsp3) is 0.600. The molecule has 1 saturated heterocycles. The first-order valence-electron chi connectivity index (χ1n) is 7.00. The quantitative estimate of drug-likeness (QED) is 0.868. The van der Waals surface area contributed by atoms with Crippen LogP contribution in [0.15, 0.2) is 24.3 Å². The predicted molar refractivity (Wildman–Crippen MR) is 78.4 cm³/mol. The Balaban J connectivity index is 1.85. The van der Waals surface area contributed by atoms with Crippen LogP contribution in [-0.4, -0.2) is 56.3 Å². The third-order valence-electron chi connectivity index (χ3n) is 3.62. The minimum absolute atomic E-state index is 0.416. The molecule has 1 fully saturated rings. The number of likely N-dealkylation sites (N-methyl/N-ethyl adjacent to an activating group) is 1. The molecule has 1 aliphatic rings. The molecule has 0 amide bonds. The maximum absolute atomic E-state index is 5.40. The van der Waals surface area contributed by atoms with Crippen molar-refractivity contribution in [1.29, 1.82) is 0 Å². The largest absolute Gasteiger partial charge is 0.496 e. The molecule has 0 aromatic heterocycles. The molecule has 1 unspecified atom stereocenters. The van der Waals surface area contributed by atoms with Gasteiger partial charge in [0.05, 0.1) is 7.11 Å². The van der Waals surface area contributed by atoms with Gasteiger partial charge < -0.3 is 9.64 Å². The van der Waals surface area contributed by atoms with Crippen LogP contribution >= 0.6 is 0 Å². The van der Waals surface area contributed by atoms with E-state index in [1.807, 2.05) is 12.1 Å². The van der Waals surface area contributed by atoms with Gasteiger partial charge in [-0.05, 0) is 32.0 Å². The first-order chi connectivity index (χ1) is 9.19. The fourth-order valence-corrected chi connectivity index (χ4v) is 2.49. The maximum atomic E-state index is 5.40. The molecule has 0 radical (unpaired) electrons. The number of piperazine rings is 1. The molecular formula is C15H25N3O. The first-order valence-corrected chi connectivity index (χ1v) is 7.00. The van der Waals surface area contributed by atoms with Gasteiger partial charge >= 0.3 is 0 Å².